The minimum atomic E-state index is 0.193. The second kappa shape index (κ2) is 7.39. The second-order valence-corrected chi connectivity index (χ2v) is 3.98. The Bertz CT molecular complexity index is 150. The Balaban J connectivity index is 0.000000671. The lowest BCUT2D eigenvalue weighted by Crippen LogP contribution is -2.46. The maximum absolute atomic E-state index is 11.1. The molecule has 0 bridgehead atoms. The van der Waals surface area contributed by atoms with Gasteiger partial charge in [0.05, 0.1) is 6.04 Å². The van der Waals surface area contributed by atoms with Crippen LogP contribution in [0.25, 0.3) is 0 Å². The van der Waals surface area contributed by atoms with Crippen LogP contribution in [0.2, 0.25) is 0 Å². The van der Waals surface area contributed by atoms with E-state index in [1.807, 2.05) is 25.6 Å². The first-order chi connectivity index (χ1) is 6.25. The zero-order valence-electron chi connectivity index (χ0n) is 9.17. The van der Waals surface area contributed by atoms with Crippen molar-refractivity contribution < 1.29 is 4.79 Å². The van der Waals surface area contributed by atoms with Crippen LogP contribution in [0.15, 0.2) is 0 Å². The van der Waals surface area contributed by atoms with E-state index in [-0.39, 0.29) is 6.04 Å². The minimum Gasteiger partial charge on any atom is -0.298 e. The summed E-state index contributed by atoms with van der Waals surface area (Å²) in [5, 5.41) is 0. The van der Waals surface area contributed by atoms with Crippen molar-refractivity contribution >= 4 is 17.5 Å². The molecule has 1 aliphatic rings. The fourth-order valence-corrected chi connectivity index (χ4v) is 2.59. The molecule has 0 aromatic heterocycles. The molecule has 1 unspecified atom stereocenters. The fraction of sp³-hybridized carbons (Fsp3) is 0.900. The molecule has 3 heteroatoms. The molecular weight excluding hydrogens is 182 g/mol. The van der Waals surface area contributed by atoms with E-state index in [1.165, 1.54) is 5.75 Å². The Hall–Kier alpha value is -0.0200. The van der Waals surface area contributed by atoms with E-state index in [2.05, 4.69) is 11.8 Å². The molecule has 1 heterocycles. The summed E-state index contributed by atoms with van der Waals surface area (Å²) in [7, 11) is 0. The van der Waals surface area contributed by atoms with E-state index in [0.29, 0.717) is 5.78 Å². The van der Waals surface area contributed by atoms with Gasteiger partial charge in [-0.15, -0.1) is 0 Å². The van der Waals surface area contributed by atoms with Gasteiger partial charge in [0, 0.05) is 18.1 Å². The highest BCUT2D eigenvalue weighted by molar-refractivity contribution is 7.99. The Kier molecular flexibility index (Phi) is 7.38. The van der Waals surface area contributed by atoms with E-state index >= 15 is 0 Å². The zero-order chi connectivity index (χ0) is 10.3. The lowest BCUT2D eigenvalue weighted by Gasteiger charge is -2.32. The molecule has 0 amide bonds. The number of thioether (sulfide) groups is 1. The number of carbonyl (C=O) groups excluding carboxylic acids is 1. The number of likely N-dealkylation sites (N-methyl/N-ethyl adjacent to an activating group) is 1. The van der Waals surface area contributed by atoms with E-state index < -0.39 is 0 Å². The van der Waals surface area contributed by atoms with Gasteiger partial charge in [0.15, 0.2) is 0 Å². The number of ketones is 1. The third-order valence-electron chi connectivity index (χ3n) is 2.11. The van der Waals surface area contributed by atoms with Crippen molar-refractivity contribution in [2.75, 3.05) is 24.6 Å². The van der Waals surface area contributed by atoms with Crippen molar-refractivity contribution in [1.82, 2.24) is 4.90 Å². The summed E-state index contributed by atoms with van der Waals surface area (Å²) in [6.45, 7) is 9.89. The van der Waals surface area contributed by atoms with Crippen LogP contribution < -0.4 is 0 Å². The Morgan fingerprint density at radius 1 is 1.54 bits per heavy atom. The molecule has 1 saturated heterocycles. The van der Waals surface area contributed by atoms with Crippen LogP contribution in [0.3, 0.4) is 0 Å². The predicted octanol–water partition coefficient (Wildman–Crippen LogP) is 2.04. The summed E-state index contributed by atoms with van der Waals surface area (Å²) in [5.41, 5.74) is 0. The molecule has 0 aromatic carbocycles. The first-order valence-electron chi connectivity index (χ1n) is 5.08. The maximum Gasteiger partial charge on any atom is 0.147 e. The van der Waals surface area contributed by atoms with E-state index in [1.54, 1.807) is 6.92 Å². The summed E-state index contributed by atoms with van der Waals surface area (Å²) in [5.74, 6) is 2.49. The van der Waals surface area contributed by atoms with Gasteiger partial charge in [0.1, 0.15) is 5.78 Å². The highest BCUT2D eigenvalue weighted by atomic mass is 32.2. The molecule has 78 valence electrons. The van der Waals surface area contributed by atoms with Gasteiger partial charge in [-0.3, -0.25) is 9.69 Å². The monoisotopic (exact) mass is 203 g/mol. The number of hydrogen-bond acceptors (Lipinski definition) is 3. The first-order valence-corrected chi connectivity index (χ1v) is 6.23. The first kappa shape index (κ1) is 13.0. The second-order valence-electron chi connectivity index (χ2n) is 2.83. The quantitative estimate of drug-likeness (QED) is 0.685. The SMILES string of the molecule is CC.CCN1CCSCC1C(C)=O. The molecule has 1 atom stereocenters. The van der Waals surface area contributed by atoms with Gasteiger partial charge in [0.25, 0.3) is 0 Å². The summed E-state index contributed by atoms with van der Waals surface area (Å²) in [6, 6.07) is 0.193. The summed E-state index contributed by atoms with van der Waals surface area (Å²) in [4.78, 5) is 13.4. The molecule has 0 spiro atoms. The van der Waals surface area contributed by atoms with Crippen LogP contribution in [-0.4, -0.2) is 41.3 Å². The van der Waals surface area contributed by atoms with Gasteiger partial charge < -0.3 is 0 Å². The molecule has 0 aliphatic carbocycles. The summed E-state index contributed by atoms with van der Waals surface area (Å²) < 4.78 is 0. The van der Waals surface area contributed by atoms with Gasteiger partial charge in [-0.05, 0) is 13.5 Å². The normalized spacial score (nSPS) is 23.2. The van der Waals surface area contributed by atoms with Gasteiger partial charge in [-0.25, -0.2) is 0 Å². The maximum atomic E-state index is 11.1. The molecule has 0 saturated carbocycles. The zero-order valence-corrected chi connectivity index (χ0v) is 9.99. The fourth-order valence-electron chi connectivity index (χ4n) is 1.39. The average Bonchev–Trinajstić information content (AvgIpc) is 2.20. The van der Waals surface area contributed by atoms with Crippen LogP contribution in [0.4, 0.5) is 0 Å². The third kappa shape index (κ3) is 4.14. The molecule has 13 heavy (non-hydrogen) atoms. The topological polar surface area (TPSA) is 20.3 Å². The van der Waals surface area contributed by atoms with Crippen molar-refractivity contribution in [3.8, 4) is 0 Å². The van der Waals surface area contributed by atoms with Gasteiger partial charge in [0.2, 0.25) is 0 Å². The molecule has 0 aromatic rings. The third-order valence-corrected chi connectivity index (χ3v) is 3.14. The highest BCUT2D eigenvalue weighted by Gasteiger charge is 2.24. The minimum absolute atomic E-state index is 0.193. The Morgan fingerprint density at radius 2 is 2.15 bits per heavy atom. The molecular formula is C10H21NOS. The van der Waals surface area contributed by atoms with Crippen LogP contribution >= 0.6 is 11.8 Å². The lowest BCUT2D eigenvalue weighted by molar-refractivity contribution is -0.121. The molecule has 0 radical (unpaired) electrons. The number of hydrogen-bond donors (Lipinski definition) is 0. The lowest BCUT2D eigenvalue weighted by atomic mass is 10.2. The number of rotatable bonds is 2. The van der Waals surface area contributed by atoms with Gasteiger partial charge in [-0.1, -0.05) is 20.8 Å². The van der Waals surface area contributed by atoms with Crippen molar-refractivity contribution in [2.24, 2.45) is 0 Å². The summed E-state index contributed by atoms with van der Waals surface area (Å²) >= 11 is 1.89. The molecule has 1 aliphatic heterocycles. The van der Waals surface area contributed by atoms with Crippen molar-refractivity contribution in [3.05, 3.63) is 0 Å². The standard InChI is InChI=1S/C8H15NOS.C2H6/c1-3-9-4-5-11-6-8(9)7(2)10;1-2/h8H,3-6H2,1-2H3;1-2H3. The Labute approximate surface area is 86.1 Å². The van der Waals surface area contributed by atoms with Crippen molar-refractivity contribution in [2.45, 2.75) is 33.7 Å². The van der Waals surface area contributed by atoms with Crippen molar-refractivity contribution in [1.29, 1.82) is 0 Å². The molecule has 2 nitrogen and oxygen atoms in total. The average molecular weight is 203 g/mol. The van der Waals surface area contributed by atoms with Gasteiger partial charge >= 0.3 is 0 Å². The number of Topliss-reactive ketones (excluding diaryl/α,β-unsaturated/α-hetero) is 1. The molecule has 0 N–H and O–H groups in total. The van der Waals surface area contributed by atoms with E-state index in [4.69, 9.17) is 0 Å². The van der Waals surface area contributed by atoms with Crippen molar-refractivity contribution in [3.63, 3.8) is 0 Å². The van der Waals surface area contributed by atoms with Crippen LogP contribution in [0.5, 0.6) is 0 Å². The number of nitrogens with zero attached hydrogens (tertiary/aromatic N) is 1. The largest absolute Gasteiger partial charge is 0.298 e. The van der Waals surface area contributed by atoms with E-state index in [9.17, 15) is 4.79 Å². The van der Waals surface area contributed by atoms with Crippen LogP contribution in [-0.2, 0) is 4.79 Å². The summed E-state index contributed by atoms with van der Waals surface area (Å²) in [6.07, 6.45) is 0. The highest BCUT2D eigenvalue weighted by Crippen LogP contribution is 2.16. The van der Waals surface area contributed by atoms with Gasteiger partial charge in [-0.2, -0.15) is 11.8 Å². The van der Waals surface area contributed by atoms with Crippen LogP contribution in [0.1, 0.15) is 27.7 Å². The molecule has 1 rings (SSSR count). The van der Waals surface area contributed by atoms with Crippen LogP contribution in [0, 0.1) is 0 Å². The molecule has 1 fully saturated rings. The smallest absolute Gasteiger partial charge is 0.147 e. The predicted molar refractivity (Wildman–Crippen MR) is 60.4 cm³/mol. The van der Waals surface area contributed by atoms with E-state index in [0.717, 1.165) is 18.8 Å². The number of carbonyl (C=O) groups is 1. The Morgan fingerprint density at radius 3 is 2.54 bits per heavy atom.